The van der Waals surface area contributed by atoms with Crippen LogP contribution in [0.25, 0.3) is 0 Å². The van der Waals surface area contributed by atoms with Crippen molar-refractivity contribution in [3.63, 3.8) is 0 Å². The number of nitrogen functional groups attached to an aromatic ring is 1. The number of nitrogens with one attached hydrogen (secondary N) is 1. The third-order valence-electron chi connectivity index (χ3n) is 3.65. The molecule has 1 aromatic rings. The van der Waals surface area contributed by atoms with Crippen LogP contribution in [0.5, 0.6) is 0 Å². The quantitative estimate of drug-likeness (QED) is 0.789. The average Bonchev–Trinajstić information content (AvgIpc) is 2.32. The molecule has 0 bridgehead atoms. The van der Waals surface area contributed by atoms with Crippen molar-refractivity contribution in [3.05, 3.63) is 17.3 Å². The number of aliphatic hydroxyl groups is 1. The van der Waals surface area contributed by atoms with Gasteiger partial charge in [-0.1, -0.05) is 18.5 Å². The molecule has 0 radical (unpaired) electrons. The van der Waals surface area contributed by atoms with Gasteiger partial charge in [-0.3, -0.25) is 0 Å². The zero-order chi connectivity index (χ0) is 13.2. The van der Waals surface area contributed by atoms with Gasteiger partial charge in [-0.05, 0) is 37.7 Å². The molecule has 18 heavy (non-hydrogen) atoms. The van der Waals surface area contributed by atoms with Crippen LogP contribution in [-0.2, 0) is 0 Å². The van der Waals surface area contributed by atoms with Gasteiger partial charge >= 0.3 is 0 Å². The summed E-state index contributed by atoms with van der Waals surface area (Å²) in [4.78, 5) is 4.13. The Morgan fingerprint density at radius 2 is 2.22 bits per heavy atom. The third kappa shape index (κ3) is 3.27. The lowest BCUT2D eigenvalue weighted by Crippen LogP contribution is -2.40. The molecule has 1 aliphatic carbocycles. The van der Waals surface area contributed by atoms with Gasteiger partial charge in [0.1, 0.15) is 5.82 Å². The minimum atomic E-state index is -0.640. The molecule has 1 aliphatic rings. The minimum absolute atomic E-state index is 0.482. The first kappa shape index (κ1) is 13.4. The largest absolute Gasteiger partial charge is 0.397 e. The van der Waals surface area contributed by atoms with E-state index in [1.54, 1.807) is 12.3 Å². The fraction of sp³-hybridized carbons (Fsp3) is 0.615. The fourth-order valence-corrected chi connectivity index (χ4v) is 2.55. The molecule has 0 spiro atoms. The topological polar surface area (TPSA) is 71.2 Å². The van der Waals surface area contributed by atoms with Crippen LogP contribution in [0.3, 0.4) is 0 Å². The molecule has 100 valence electrons. The molecule has 1 heterocycles. The second-order valence-electron chi connectivity index (χ2n) is 5.36. The summed E-state index contributed by atoms with van der Waals surface area (Å²) >= 11 is 6.03. The third-order valence-corrected chi connectivity index (χ3v) is 3.94. The molecular weight excluding hydrogens is 250 g/mol. The standard InChI is InChI=1S/C13H20ClN3O/c1-9-2-4-13(18,5-3-9)8-17-12-11(14)6-10(15)7-16-12/h6-7,9,18H,2-5,8,15H2,1H3,(H,16,17). The molecule has 0 aromatic carbocycles. The first-order valence-electron chi connectivity index (χ1n) is 6.36. The summed E-state index contributed by atoms with van der Waals surface area (Å²) in [6.45, 7) is 2.71. The number of anilines is 2. The van der Waals surface area contributed by atoms with E-state index in [1.807, 2.05) is 0 Å². The van der Waals surface area contributed by atoms with Gasteiger partial charge < -0.3 is 16.2 Å². The second-order valence-corrected chi connectivity index (χ2v) is 5.77. The van der Waals surface area contributed by atoms with Crippen LogP contribution < -0.4 is 11.1 Å². The van der Waals surface area contributed by atoms with E-state index < -0.39 is 5.60 Å². The van der Waals surface area contributed by atoms with Gasteiger partial charge in [0.15, 0.2) is 0 Å². The minimum Gasteiger partial charge on any atom is -0.397 e. The van der Waals surface area contributed by atoms with Crippen molar-refractivity contribution in [1.29, 1.82) is 0 Å². The maximum absolute atomic E-state index is 10.4. The van der Waals surface area contributed by atoms with Gasteiger partial charge in [-0.2, -0.15) is 0 Å². The van der Waals surface area contributed by atoms with Crippen LogP contribution in [0.1, 0.15) is 32.6 Å². The van der Waals surface area contributed by atoms with Crippen LogP contribution in [0.2, 0.25) is 5.02 Å². The van der Waals surface area contributed by atoms with Crippen molar-refractivity contribution in [3.8, 4) is 0 Å². The Hall–Kier alpha value is -1.00. The number of pyridine rings is 1. The van der Waals surface area contributed by atoms with Crippen molar-refractivity contribution in [2.45, 2.75) is 38.2 Å². The lowest BCUT2D eigenvalue weighted by molar-refractivity contribution is 0.00495. The maximum Gasteiger partial charge on any atom is 0.145 e. The van der Waals surface area contributed by atoms with E-state index in [4.69, 9.17) is 17.3 Å². The molecule has 1 fully saturated rings. The number of halogens is 1. The van der Waals surface area contributed by atoms with Gasteiger partial charge in [-0.25, -0.2) is 4.98 Å². The molecular formula is C13H20ClN3O. The second kappa shape index (κ2) is 5.33. The summed E-state index contributed by atoms with van der Waals surface area (Å²) in [7, 11) is 0. The van der Waals surface area contributed by atoms with Crippen LogP contribution in [0.15, 0.2) is 12.3 Å². The molecule has 5 heteroatoms. The first-order chi connectivity index (χ1) is 8.48. The summed E-state index contributed by atoms with van der Waals surface area (Å²) in [6, 6.07) is 1.66. The monoisotopic (exact) mass is 269 g/mol. The number of rotatable bonds is 3. The number of hydrogen-bond acceptors (Lipinski definition) is 4. The number of nitrogens with zero attached hydrogens (tertiary/aromatic N) is 1. The zero-order valence-corrected chi connectivity index (χ0v) is 11.4. The van der Waals surface area contributed by atoms with Crippen molar-refractivity contribution < 1.29 is 5.11 Å². The number of hydrogen-bond donors (Lipinski definition) is 3. The van der Waals surface area contributed by atoms with E-state index in [9.17, 15) is 5.11 Å². The molecule has 1 saturated carbocycles. The first-order valence-corrected chi connectivity index (χ1v) is 6.74. The number of aromatic nitrogens is 1. The predicted octanol–water partition coefficient (Wildman–Crippen LogP) is 2.67. The van der Waals surface area contributed by atoms with Crippen LogP contribution in [0, 0.1) is 5.92 Å². The van der Waals surface area contributed by atoms with E-state index in [0.29, 0.717) is 29.0 Å². The molecule has 4 nitrogen and oxygen atoms in total. The van der Waals surface area contributed by atoms with Gasteiger partial charge in [-0.15, -0.1) is 0 Å². The SMILES string of the molecule is CC1CCC(O)(CNc2ncc(N)cc2Cl)CC1. The summed E-state index contributed by atoms with van der Waals surface area (Å²) in [5.74, 6) is 1.29. The van der Waals surface area contributed by atoms with Gasteiger partial charge in [0.05, 0.1) is 22.5 Å². The van der Waals surface area contributed by atoms with Crippen molar-refractivity contribution in [1.82, 2.24) is 4.98 Å². The summed E-state index contributed by atoms with van der Waals surface area (Å²) < 4.78 is 0. The molecule has 4 N–H and O–H groups in total. The summed E-state index contributed by atoms with van der Waals surface area (Å²) in [5.41, 5.74) is 5.48. The van der Waals surface area contributed by atoms with E-state index >= 15 is 0 Å². The zero-order valence-electron chi connectivity index (χ0n) is 10.6. The normalized spacial score (nSPS) is 28.1. The van der Waals surface area contributed by atoms with E-state index in [2.05, 4.69) is 17.2 Å². The highest BCUT2D eigenvalue weighted by atomic mass is 35.5. The molecule has 2 rings (SSSR count). The Bertz CT molecular complexity index is 417. The van der Waals surface area contributed by atoms with Gasteiger partial charge in [0.25, 0.3) is 0 Å². The Balaban J connectivity index is 1.94. The maximum atomic E-state index is 10.4. The molecule has 0 saturated heterocycles. The Kier molecular flexibility index (Phi) is 3.97. The highest BCUT2D eigenvalue weighted by Crippen LogP contribution is 2.32. The number of nitrogens with two attached hydrogens (primary N) is 1. The van der Waals surface area contributed by atoms with E-state index in [1.165, 1.54) is 0 Å². The molecule has 0 aliphatic heterocycles. The average molecular weight is 270 g/mol. The molecule has 0 amide bonds. The highest BCUT2D eigenvalue weighted by Gasteiger charge is 2.31. The molecule has 0 unspecified atom stereocenters. The molecule has 0 atom stereocenters. The van der Waals surface area contributed by atoms with Crippen LogP contribution in [0.4, 0.5) is 11.5 Å². The lowest BCUT2D eigenvalue weighted by atomic mass is 9.79. The van der Waals surface area contributed by atoms with Crippen molar-refractivity contribution >= 4 is 23.1 Å². The van der Waals surface area contributed by atoms with Crippen LogP contribution in [-0.4, -0.2) is 22.2 Å². The van der Waals surface area contributed by atoms with Crippen LogP contribution >= 0.6 is 11.6 Å². The smallest absolute Gasteiger partial charge is 0.145 e. The Morgan fingerprint density at radius 3 is 2.83 bits per heavy atom. The summed E-state index contributed by atoms with van der Waals surface area (Å²) in [5, 5.41) is 14.0. The van der Waals surface area contributed by atoms with Crippen molar-refractivity contribution in [2.75, 3.05) is 17.6 Å². The highest BCUT2D eigenvalue weighted by molar-refractivity contribution is 6.33. The Morgan fingerprint density at radius 1 is 1.56 bits per heavy atom. The van der Waals surface area contributed by atoms with E-state index in [0.717, 1.165) is 25.7 Å². The summed E-state index contributed by atoms with van der Waals surface area (Å²) in [6.07, 6.45) is 5.35. The fourth-order valence-electron chi connectivity index (χ4n) is 2.31. The predicted molar refractivity (Wildman–Crippen MR) is 74.7 cm³/mol. The van der Waals surface area contributed by atoms with E-state index in [-0.39, 0.29) is 0 Å². The van der Waals surface area contributed by atoms with Crippen molar-refractivity contribution in [2.24, 2.45) is 5.92 Å². The molecule has 1 aromatic heterocycles. The lowest BCUT2D eigenvalue weighted by Gasteiger charge is -2.35. The van der Waals surface area contributed by atoms with Gasteiger partial charge in [0, 0.05) is 6.54 Å². The Labute approximate surface area is 113 Å². The van der Waals surface area contributed by atoms with Gasteiger partial charge in [0.2, 0.25) is 0 Å².